The van der Waals surface area contributed by atoms with Crippen molar-refractivity contribution in [3.05, 3.63) is 0 Å². The van der Waals surface area contributed by atoms with Crippen LogP contribution < -0.4 is 0 Å². The average molecular weight is 821 g/mol. The van der Waals surface area contributed by atoms with Crippen molar-refractivity contribution < 1.29 is 67.1 Å². The lowest BCUT2D eigenvalue weighted by Gasteiger charge is -2.62. The van der Waals surface area contributed by atoms with Gasteiger partial charge in [-0.3, -0.25) is 24.0 Å². The second-order valence-electron chi connectivity index (χ2n) is 19.7. The summed E-state index contributed by atoms with van der Waals surface area (Å²) in [7, 11) is 0. The van der Waals surface area contributed by atoms with Gasteiger partial charge in [-0.2, -0.15) is 0 Å². The van der Waals surface area contributed by atoms with Gasteiger partial charge in [-0.1, -0.05) is 20.8 Å². The zero-order valence-corrected chi connectivity index (χ0v) is 36.2. The van der Waals surface area contributed by atoms with Gasteiger partial charge < -0.3 is 33.5 Å². The number of hydrogen-bond donors (Lipinski definition) is 1. The molecule has 4 fully saturated rings. The molecule has 0 radical (unpaired) electrons. The minimum atomic E-state index is -0.831. The summed E-state index contributed by atoms with van der Waals surface area (Å²) in [6, 6.07) is 0. The fraction of sp³-hybridized carbons (Fsp3) is 0.841. The van der Waals surface area contributed by atoms with Gasteiger partial charge in [0.2, 0.25) is 0 Å². The number of aliphatic carboxylic acids is 1. The molecule has 10 atom stereocenters. The Morgan fingerprint density at radius 1 is 0.638 bits per heavy atom. The van der Waals surface area contributed by atoms with Crippen LogP contribution >= 0.6 is 0 Å². The molecule has 0 aliphatic heterocycles. The van der Waals surface area contributed by atoms with Gasteiger partial charge in [-0.15, -0.1) is 0 Å². The molecule has 14 heteroatoms. The summed E-state index contributed by atoms with van der Waals surface area (Å²) >= 11 is 0. The summed E-state index contributed by atoms with van der Waals surface area (Å²) in [5.74, 6) is -3.11. The molecule has 0 heterocycles. The number of carbonyl (C=O) groups is 7. The van der Waals surface area contributed by atoms with E-state index in [0.29, 0.717) is 31.6 Å². The van der Waals surface area contributed by atoms with Crippen molar-refractivity contribution >= 4 is 41.8 Å². The maximum absolute atomic E-state index is 13.5. The minimum Gasteiger partial charge on any atom is -0.481 e. The normalized spacial score (nSPS) is 30.9. The van der Waals surface area contributed by atoms with Gasteiger partial charge in [0, 0.05) is 11.8 Å². The Bertz CT molecular complexity index is 1520. The fourth-order valence-electron chi connectivity index (χ4n) is 11.0. The first-order chi connectivity index (χ1) is 26.9. The highest BCUT2D eigenvalue weighted by Gasteiger charge is 2.65. The van der Waals surface area contributed by atoms with Crippen LogP contribution in [0.3, 0.4) is 0 Å². The van der Waals surface area contributed by atoms with Crippen molar-refractivity contribution in [1.82, 2.24) is 0 Å². The summed E-state index contributed by atoms with van der Waals surface area (Å²) in [4.78, 5) is 86.5. The Kier molecular flexibility index (Phi) is 15.5. The lowest BCUT2D eigenvalue weighted by Crippen LogP contribution is -2.59. The number of rotatable bonds is 16. The predicted octanol–water partition coefficient (Wildman–Crippen LogP) is 6.91. The van der Waals surface area contributed by atoms with Gasteiger partial charge in [0.1, 0.15) is 23.4 Å². The van der Waals surface area contributed by atoms with E-state index in [0.717, 1.165) is 32.1 Å². The number of carboxylic acids is 1. The number of esters is 6. The van der Waals surface area contributed by atoms with Crippen molar-refractivity contribution in [2.24, 2.45) is 46.3 Å². The molecule has 58 heavy (non-hydrogen) atoms. The molecule has 0 aromatic carbocycles. The molecule has 4 rings (SSSR count). The number of ether oxygens (including phenoxy) is 6. The Morgan fingerprint density at radius 3 is 1.71 bits per heavy atom. The number of fused-ring (bicyclic) bond motifs is 5. The molecule has 1 N–H and O–H groups in total. The molecular weight excluding hydrogens is 752 g/mol. The molecule has 0 amide bonds. The first-order valence-electron chi connectivity index (χ1n) is 21.3. The van der Waals surface area contributed by atoms with Crippen LogP contribution in [0.2, 0.25) is 0 Å². The van der Waals surface area contributed by atoms with E-state index in [-0.39, 0.29) is 78.6 Å². The van der Waals surface area contributed by atoms with E-state index in [2.05, 4.69) is 20.8 Å². The van der Waals surface area contributed by atoms with Crippen LogP contribution in [0.1, 0.15) is 152 Å². The molecule has 4 aliphatic rings. The molecule has 14 nitrogen and oxygen atoms in total. The second-order valence-corrected chi connectivity index (χ2v) is 19.7. The van der Waals surface area contributed by atoms with Gasteiger partial charge in [0.05, 0.1) is 25.7 Å². The third-order valence-electron chi connectivity index (χ3n) is 13.4. The third kappa shape index (κ3) is 12.4. The molecule has 0 bridgehead atoms. The number of hydrogen-bond acceptors (Lipinski definition) is 13. The fourth-order valence-corrected chi connectivity index (χ4v) is 11.0. The third-order valence-corrected chi connectivity index (χ3v) is 13.4. The van der Waals surface area contributed by atoms with Crippen LogP contribution in [0.5, 0.6) is 0 Å². The summed E-state index contributed by atoms with van der Waals surface area (Å²) < 4.78 is 32.7. The lowest BCUT2D eigenvalue weighted by atomic mass is 9.43. The average Bonchev–Trinajstić information content (AvgIpc) is 3.47. The van der Waals surface area contributed by atoms with Crippen molar-refractivity contribution in [2.45, 2.75) is 176 Å². The van der Waals surface area contributed by atoms with Gasteiger partial charge in [0.25, 0.3) is 0 Å². The molecule has 0 saturated heterocycles. The van der Waals surface area contributed by atoms with Crippen molar-refractivity contribution in [2.75, 3.05) is 13.2 Å². The van der Waals surface area contributed by atoms with Crippen LogP contribution in [0.4, 0.5) is 0 Å². The van der Waals surface area contributed by atoms with Crippen LogP contribution in [-0.4, -0.2) is 83.5 Å². The topological polar surface area (TPSA) is 195 Å². The highest BCUT2D eigenvalue weighted by molar-refractivity contribution is 5.81. The Morgan fingerprint density at radius 2 is 1.17 bits per heavy atom. The molecule has 328 valence electrons. The van der Waals surface area contributed by atoms with Gasteiger partial charge in [-0.25, -0.2) is 9.59 Å². The zero-order chi connectivity index (χ0) is 43.2. The Balaban J connectivity index is 1.40. The molecule has 0 spiro atoms. The summed E-state index contributed by atoms with van der Waals surface area (Å²) in [6.45, 7) is 15.9. The molecule has 0 aromatic rings. The molecule has 0 aromatic heterocycles. The molecule has 10 unspecified atom stereocenters. The molecular formula is C44H68O14. The Hall–Kier alpha value is -3.71. The van der Waals surface area contributed by atoms with Crippen LogP contribution in [0, 0.1) is 46.3 Å². The highest BCUT2D eigenvalue weighted by Crippen LogP contribution is 2.69. The van der Waals surface area contributed by atoms with E-state index in [1.807, 2.05) is 0 Å². The molecule has 4 aliphatic carbocycles. The standard InChI is InChI=1S/C44H68O14/c1-26(10-15-34(45)46)30-13-14-31-29-12-11-27-22-28(55-37(49)18-16-35(47)53-24-39(51)57-41(2,3)4)20-21-43(27,8)32(29)23-33(44(30,31)9)56-38(50)19-17-36(48)54-25-40(52)58-42(5,6)7/h26-33H,10-25H2,1-9H3,(H,45,46). The first kappa shape index (κ1) is 47.0. The summed E-state index contributed by atoms with van der Waals surface area (Å²) in [6.07, 6.45) is 5.76. The van der Waals surface area contributed by atoms with Crippen LogP contribution in [0.25, 0.3) is 0 Å². The number of carbonyl (C=O) groups excluding carboxylic acids is 6. The van der Waals surface area contributed by atoms with E-state index >= 15 is 0 Å². The maximum Gasteiger partial charge on any atom is 0.344 e. The smallest absolute Gasteiger partial charge is 0.344 e. The minimum absolute atomic E-state index is 0.0734. The highest BCUT2D eigenvalue weighted by atomic mass is 16.6. The van der Waals surface area contributed by atoms with E-state index in [1.165, 1.54) is 0 Å². The van der Waals surface area contributed by atoms with E-state index < -0.39 is 72.3 Å². The van der Waals surface area contributed by atoms with Crippen LogP contribution in [-0.2, 0) is 62.0 Å². The second kappa shape index (κ2) is 19.1. The summed E-state index contributed by atoms with van der Waals surface area (Å²) in [5.41, 5.74) is -1.90. The van der Waals surface area contributed by atoms with Gasteiger partial charge in [0.15, 0.2) is 13.2 Å². The maximum atomic E-state index is 13.5. The Labute approximate surface area is 343 Å². The van der Waals surface area contributed by atoms with Crippen molar-refractivity contribution in [1.29, 1.82) is 0 Å². The SMILES string of the molecule is CC(CCC(=O)O)C1CCC2C3CCC4CC(OC(=O)CCC(=O)OCC(=O)OC(C)(C)C)CCC4(C)C3CC(OC(=O)CCC(=O)OCC(=O)OC(C)(C)C)C12C. The zero-order valence-electron chi connectivity index (χ0n) is 36.2. The molecule has 4 saturated carbocycles. The lowest BCUT2D eigenvalue weighted by molar-refractivity contribution is -0.199. The first-order valence-corrected chi connectivity index (χ1v) is 21.3. The van der Waals surface area contributed by atoms with Gasteiger partial charge in [-0.05, 0) is 140 Å². The van der Waals surface area contributed by atoms with E-state index in [9.17, 15) is 38.7 Å². The summed E-state index contributed by atoms with van der Waals surface area (Å²) in [5, 5.41) is 9.47. The quantitative estimate of drug-likeness (QED) is 0.125. The predicted molar refractivity (Wildman–Crippen MR) is 208 cm³/mol. The van der Waals surface area contributed by atoms with Crippen LogP contribution in [0.15, 0.2) is 0 Å². The van der Waals surface area contributed by atoms with E-state index in [1.54, 1.807) is 41.5 Å². The van der Waals surface area contributed by atoms with E-state index in [4.69, 9.17) is 28.4 Å². The van der Waals surface area contributed by atoms with Crippen molar-refractivity contribution in [3.8, 4) is 0 Å². The monoisotopic (exact) mass is 820 g/mol. The number of carboxylic acid groups (broad SMARTS) is 1. The van der Waals surface area contributed by atoms with Crippen molar-refractivity contribution in [3.63, 3.8) is 0 Å². The largest absolute Gasteiger partial charge is 0.481 e. The van der Waals surface area contributed by atoms with Gasteiger partial charge >= 0.3 is 41.8 Å².